The maximum absolute atomic E-state index is 13.6. The summed E-state index contributed by atoms with van der Waals surface area (Å²) in [5, 5.41) is 5.82. The van der Waals surface area contributed by atoms with Crippen LogP contribution in [0.2, 0.25) is 0 Å². The van der Waals surface area contributed by atoms with Gasteiger partial charge in [0, 0.05) is 42.4 Å². The number of anilines is 1. The summed E-state index contributed by atoms with van der Waals surface area (Å²) in [4.78, 5) is 26.9. The minimum Gasteiger partial charge on any atom is -0.497 e. The van der Waals surface area contributed by atoms with Crippen molar-refractivity contribution in [3.63, 3.8) is 0 Å². The van der Waals surface area contributed by atoms with Crippen LogP contribution in [0.25, 0.3) is 0 Å². The largest absolute Gasteiger partial charge is 0.497 e. The number of hydrogen-bond donors (Lipinski definition) is 2. The molecule has 0 radical (unpaired) electrons. The standard InChI is InChI=1S/C22H32FN3O3/c1-21(2,3)25-19(27)12-26-13-22(14-26)7-5-15(6-8-22)20(28)24-17-9-16(23)10-18(11-17)29-4/h9-11,15H,5-8,12-14H2,1-4H3,(H,24,28)(H,25,27). The molecule has 0 bridgehead atoms. The van der Waals surface area contributed by atoms with Gasteiger partial charge in [-0.25, -0.2) is 4.39 Å². The van der Waals surface area contributed by atoms with Gasteiger partial charge in [0.15, 0.2) is 0 Å². The molecule has 1 aliphatic carbocycles. The van der Waals surface area contributed by atoms with E-state index in [1.807, 2.05) is 20.8 Å². The highest BCUT2D eigenvalue weighted by atomic mass is 19.1. The van der Waals surface area contributed by atoms with Crippen LogP contribution in [0.15, 0.2) is 18.2 Å². The molecule has 1 spiro atoms. The van der Waals surface area contributed by atoms with Gasteiger partial charge in [-0.05, 0) is 57.9 Å². The van der Waals surface area contributed by atoms with Crippen LogP contribution < -0.4 is 15.4 Å². The first-order valence-electron chi connectivity index (χ1n) is 10.3. The summed E-state index contributed by atoms with van der Waals surface area (Å²) < 4.78 is 18.7. The minimum absolute atomic E-state index is 0.0611. The highest BCUT2D eigenvalue weighted by molar-refractivity contribution is 5.92. The molecule has 2 amide bonds. The quantitative estimate of drug-likeness (QED) is 0.789. The second kappa shape index (κ2) is 8.30. The monoisotopic (exact) mass is 405 g/mol. The van der Waals surface area contributed by atoms with Crippen molar-refractivity contribution in [1.82, 2.24) is 10.2 Å². The lowest BCUT2D eigenvalue weighted by Gasteiger charge is -2.53. The Balaban J connectivity index is 1.45. The van der Waals surface area contributed by atoms with E-state index in [2.05, 4.69) is 15.5 Å². The van der Waals surface area contributed by atoms with Gasteiger partial charge in [-0.15, -0.1) is 0 Å². The summed E-state index contributed by atoms with van der Waals surface area (Å²) in [7, 11) is 1.47. The van der Waals surface area contributed by atoms with E-state index >= 15 is 0 Å². The zero-order valence-electron chi connectivity index (χ0n) is 17.8. The second-order valence-corrected chi connectivity index (χ2v) is 9.59. The van der Waals surface area contributed by atoms with Crippen LogP contribution in [0, 0.1) is 17.2 Å². The highest BCUT2D eigenvalue weighted by Crippen LogP contribution is 2.45. The van der Waals surface area contributed by atoms with E-state index in [0.29, 0.717) is 18.0 Å². The lowest BCUT2D eigenvalue weighted by Crippen LogP contribution is -2.60. The van der Waals surface area contributed by atoms with Gasteiger partial charge in [0.05, 0.1) is 13.7 Å². The zero-order chi connectivity index (χ0) is 21.2. The van der Waals surface area contributed by atoms with Crippen LogP contribution in [0.4, 0.5) is 10.1 Å². The molecule has 0 unspecified atom stereocenters. The molecule has 2 fully saturated rings. The topological polar surface area (TPSA) is 70.7 Å². The van der Waals surface area contributed by atoms with Crippen LogP contribution >= 0.6 is 0 Å². The first kappa shape index (κ1) is 21.6. The number of nitrogens with one attached hydrogen (secondary N) is 2. The van der Waals surface area contributed by atoms with Gasteiger partial charge in [0.2, 0.25) is 11.8 Å². The Bertz CT molecular complexity index is 759. The van der Waals surface area contributed by atoms with Crippen LogP contribution in [-0.4, -0.2) is 49.0 Å². The van der Waals surface area contributed by atoms with Crippen molar-refractivity contribution in [3.8, 4) is 5.75 Å². The summed E-state index contributed by atoms with van der Waals surface area (Å²) in [5.41, 5.74) is 0.448. The summed E-state index contributed by atoms with van der Waals surface area (Å²) in [6.45, 7) is 8.21. The molecule has 2 aliphatic rings. The van der Waals surface area contributed by atoms with Gasteiger partial charge in [0.1, 0.15) is 11.6 Å². The summed E-state index contributed by atoms with van der Waals surface area (Å²) in [6, 6.07) is 4.21. The van der Waals surface area contributed by atoms with Crippen molar-refractivity contribution in [3.05, 3.63) is 24.0 Å². The third kappa shape index (κ3) is 5.69. The van der Waals surface area contributed by atoms with Gasteiger partial charge in [0.25, 0.3) is 0 Å². The molecule has 0 atom stereocenters. The van der Waals surface area contributed by atoms with Crippen LogP contribution in [0.5, 0.6) is 5.75 Å². The van der Waals surface area contributed by atoms with Crippen LogP contribution in [0.3, 0.4) is 0 Å². The number of nitrogens with zero attached hydrogens (tertiary/aromatic N) is 1. The molecule has 1 aliphatic heterocycles. The lowest BCUT2D eigenvalue weighted by atomic mass is 9.65. The Labute approximate surface area is 172 Å². The predicted octanol–water partition coefficient (Wildman–Crippen LogP) is 3.18. The molecule has 1 heterocycles. The molecule has 1 saturated carbocycles. The van der Waals surface area contributed by atoms with Crippen molar-refractivity contribution in [1.29, 1.82) is 0 Å². The molecule has 7 heteroatoms. The van der Waals surface area contributed by atoms with E-state index in [1.165, 1.54) is 19.2 Å². The molecule has 29 heavy (non-hydrogen) atoms. The molecule has 160 valence electrons. The SMILES string of the molecule is COc1cc(F)cc(NC(=O)C2CCC3(CC2)CN(CC(=O)NC(C)(C)C)C3)c1. The number of likely N-dealkylation sites (tertiary alicyclic amines) is 1. The lowest BCUT2D eigenvalue weighted by molar-refractivity contribution is -0.129. The number of hydrogen-bond acceptors (Lipinski definition) is 4. The van der Waals surface area contributed by atoms with E-state index in [9.17, 15) is 14.0 Å². The number of benzene rings is 1. The average molecular weight is 406 g/mol. The van der Waals surface area contributed by atoms with Gasteiger partial charge in [-0.1, -0.05) is 0 Å². The van der Waals surface area contributed by atoms with Crippen molar-refractivity contribution >= 4 is 17.5 Å². The van der Waals surface area contributed by atoms with E-state index < -0.39 is 5.82 Å². The fourth-order valence-electron chi connectivity index (χ4n) is 4.48. The molecule has 0 aromatic heterocycles. The Morgan fingerprint density at radius 2 is 1.86 bits per heavy atom. The highest BCUT2D eigenvalue weighted by Gasteiger charge is 2.46. The van der Waals surface area contributed by atoms with Gasteiger partial charge in [-0.2, -0.15) is 0 Å². The Morgan fingerprint density at radius 3 is 2.45 bits per heavy atom. The number of amides is 2. The van der Waals surface area contributed by atoms with Crippen molar-refractivity contribution in [2.75, 3.05) is 32.1 Å². The maximum atomic E-state index is 13.6. The molecule has 2 N–H and O–H groups in total. The third-order valence-electron chi connectivity index (χ3n) is 5.79. The molecule has 1 aromatic carbocycles. The number of halogens is 1. The Kier molecular flexibility index (Phi) is 6.17. The van der Waals surface area contributed by atoms with Crippen LogP contribution in [0.1, 0.15) is 46.5 Å². The molecule has 1 aromatic rings. The number of methoxy groups -OCH3 is 1. The second-order valence-electron chi connectivity index (χ2n) is 9.59. The summed E-state index contributed by atoms with van der Waals surface area (Å²) in [5.74, 6) is -0.118. The third-order valence-corrected chi connectivity index (χ3v) is 5.79. The predicted molar refractivity (Wildman–Crippen MR) is 110 cm³/mol. The van der Waals surface area contributed by atoms with Crippen molar-refractivity contribution in [2.24, 2.45) is 11.3 Å². The minimum atomic E-state index is -0.438. The first-order valence-corrected chi connectivity index (χ1v) is 10.3. The van der Waals surface area contributed by atoms with E-state index in [1.54, 1.807) is 6.07 Å². The molecular formula is C22H32FN3O3. The first-order chi connectivity index (χ1) is 13.6. The van der Waals surface area contributed by atoms with Gasteiger partial charge >= 0.3 is 0 Å². The fourth-order valence-corrected chi connectivity index (χ4v) is 4.48. The smallest absolute Gasteiger partial charge is 0.234 e. The van der Waals surface area contributed by atoms with E-state index in [4.69, 9.17) is 4.74 Å². The average Bonchev–Trinajstić information content (AvgIpc) is 2.58. The molecular weight excluding hydrogens is 373 g/mol. The fraction of sp³-hybridized carbons (Fsp3) is 0.636. The molecule has 3 rings (SSSR count). The molecule has 1 saturated heterocycles. The van der Waals surface area contributed by atoms with Gasteiger partial charge < -0.3 is 15.4 Å². The maximum Gasteiger partial charge on any atom is 0.234 e. The van der Waals surface area contributed by atoms with E-state index in [0.717, 1.165) is 38.8 Å². The Hall–Kier alpha value is -2.15. The van der Waals surface area contributed by atoms with Crippen molar-refractivity contribution < 1.29 is 18.7 Å². The van der Waals surface area contributed by atoms with E-state index in [-0.39, 0.29) is 28.7 Å². The Morgan fingerprint density at radius 1 is 1.21 bits per heavy atom. The normalized spacial score (nSPS) is 19.5. The summed E-state index contributed by atoms with van der Waals surface area (Å²) >= 11 is 0. The summed E-state index contributed by atoms with van der Waals surface area (Å²) in [6.07, 6.45) is 3.60. The number of rotatable bonds is 5. The number of ether oxygens (including phenoxy) is 1. The van der Waals surface area contributed by atoms with Crippen molar-refractivity contribution in [2.45, 2.75) is 52.0 Å². The zero-order valence-corrected chi connectivity index (χ0v) is 17.8. The number of carbonyl (C=O) groups excluding carboxylic acids is 2. The van der Waals surface area contributed by atoms with Crippen LogP contribution in [-0.2, 0) is 9.59 Å². The van der Waals surface area contributed by atoms with Gasteiger partial charge in [-0.3, -0.25) is 14.5 Å². The molecule has 6 nitrogen and oxygen atoms in total. The number of carbonyl (C=O) groups is 2.